The molecule has 5 nitrogen and oxygen atoms in total. The summed E-state index contributed by atoms with van der Waals surface area (Å²) in [4.78, 5) is 27.4. The summed E-state index contributed by atoms with van der Waals surface area (Å²) in [7, 11) is 0. The number of carbonyl (C=O) groups is 2. The van der Waals surface area contributed by atoms with Gasteiger partial charge >= 0.3 is 0 Å². The first kappa shape index (κ1) is 26.3. The van der Waals surface area contributed by atoms with Crippen LogP contribution in [-0.2, 0) is 16.1 Å². The smallest absolute Gasteiger partial charge is 0.242 e. The Bertz CT molecular complexity index is 906. The van der Waals surface area contributed by atoms with Gasteiger partial charge in [-0.05, 0) is 68.7 Å². The number of ether oxygens (including phenoxy) is 1. The van der Waals surface area contributed by atoms with E-state index >= 15 is 0 Å². The van der Waals surface area contributed by atoms with Crippen LogP contribution in [0.5, 0.6) is 5.75 Å². The minimum Gasteiger partial charge on any atom is -0.494 e. The lowest BCUT2D eigenvalue weighted by molar-refractivity contribution is -0.141. The van der Waals surface area contributed by atoms with E-state index in [1.807, 2.05) is 13.8 Å². The first-order chi connectivity index (χ1) is 15.2. The van der Waals surface area contributed by atoms with E-state index in [9.17, 15) is 9.59 Å². The number of halogens is 3. The zero-order valence-corrected chi connectivity index (χ0v) is 20.8. The van der Waals surface area contributed by atoms with Gasteiger partial charge in [0.15, 0.2) is 0 Å². The Labute approximate surface area is 205 Å². The molecule has 174 valence electrons. The van der Waals surface area contributed by atoms with E-state index in [-0.39, 0.29) is 30.8 Å². The van der Waals surface area contributed by atoms with Gasteiger partial charge in [0, 0.05) is 24.0 Å². The Morgan fingerprint density at radius 3 is 2.34 bits per heavy atom. The van der Waals surface area contributed by atoms with E-state index in [1.165, 1.54) is 0 Å². The number of rotatable bonds is 11. The van der Waals surface area contributed by atoms with Gasteiger partial charge in [-0.1, -0.05) is 47.8 Å². The van der Waals surface area contributed by atoms with Crippen LogP contribution in [0.1, 0.15) is 45.6 Å². The highest BCUT2D eigenvalue weighted by molar-refractivity contribution is 6.42. The van der Waals surface area contributed by atoms with Gasteiger partial charge in [-0.2, -0.15) is 0 Å². The Kier molecular flexibility index (Phi) is 10.6. The maximum absolute atomic E-state index is 13.1. The number of hydrogen-bond acceptors (Lipinski definition) is 3. The number of amides is 2. The first-order valence-corrected chi connectivity index (χ1v) is 11.8. The molecule has 32 heavy (non-hydrogen) atoms. The Morgan fingerprint density at radius 2 is 1.72 bits per heavy atom. The maximum atomic E-state index is 13.1. The van der Waals surface area contributed by atoms with Gasteiger partial charge in [0.05, 0.1) is 16.7 Å². The lowest BCUT2D eigenvalue weighted by atomic mass is 10.1. The molecular formula is C24H29Cl3N2O3. The minimum absolute atomic E-state index is 0.0275. The van der Waals surface area contributed by atoms with Crippen LogP contribution in [0.4, 0.5) is 0 Å². The molecule has 2 atom stereocenters. The monoisotopic (exact) mass is 498 g/mol. The van der Waals surface area contributed by atoms with Gasteiger partial charge in [-0.3, -0.25) is 9.59 Å². The Balaban J connectivity index is 2.04. The number of hydrogen-bond donors (Lipinski definition) is 1. The molecule has 0 bridgehead atoms. The zero-order chi connectivity index (χ0) is 23.7. The molecule has 1 N–H and O–H groups in total. The largest absolute Gasteiger partial charge is 0.494 e. The molecule has 0 aliphatic carbocycles. The molecule has 0 aliphatic heterocycles. The highest BCUT2D eigenvalue weighted by Gasteiger charge is 2.26. The third-order valence-corrected chi connectivity index (χ3v) is 6.11. The highest BCUT2D eigenvalue weighted by Crippen LogP contribution is 2.24. The number of nitrogens with zero attached hydrogens (tertiary/aromatic N) is 1. The van der Waals surface area contributed by atoms with Gasteiger partial charge in [0.2, 0.25) is 11.8 Å². The third kappa shape index (κ3) is 8.19. The molecule has 0 aliphatic rings. The van der Waals surface area contributed by atoms with Crippen molar-refractivity contribution in [3.63, 3.8) is 0 Å². The molecular weight excluding hydrogens is 471 g/mol. The lowest BCUT2D eigenvalue weighted by Crippen LogP contribution is -2.49. The van der Waals surface area contributed by atoms with E-state index in [0.29, 0.717) is 33.8 Å². The van der Waals surface area contributed by atoms with Crippen LogP contribution in [0, 0.1) is 0 Å². The van der Waals surface area contributed by atoms with Crippen molar-refractivity contribution in [1.82, 2.24) is 10.2 Å². The van der Waals surface area contributed by atoms with E-state index in [2.05, 4.69) is 5.32 Å². The molecule has 2 aromatic rings. The van der Waals surface area contributed by atoms with Gasteiger partial charge in [-0.25, -0.2) is 0 Å². The summed E-state index contributed by atoms with van der Waals surface area (Å²) in [6, 6.07) is 11.7. The van der Waals surface area contributed by atoms with Crippen LogP contribution in [0.25, 0.3) is 0 Å². The van der Waals surface area contributed by atoms with E-state index in [4.69, 9.17) is 39.5 Å². The molecule has 0 heterocycles. The summed E-state index contributed by atoms with van der Waals surface area (Å²) in [5.41, 5.74) is 0.799. The van der Waals surface area contributed by atoms with Gasteiger partial charge in [0.1, 0.15) is 11.8 Å². The fourth-order valence-electron chi connectivity index (χ4n) is 2.97. The molecule has 2 rings (SSSR count). The van der Waals surface area contributed by atoms with Crippen LogP contribution < -0.4 is 10.1 Å². The van der Waals surface area contributed by atoms with Crippen LogP contribution in [0.2, 0.25) is 15.1 Å². The number of benzene rings is 2. The van der Waals surface area contributed by atoms with Gasteiger partial charge in [-0.15, -0.1) is 0 Å². The average molecular weight is 500 g/mol. The predicted molar refractivity (Wildman–Crippen MR) is 131 cm³/mol. The first-order valence-electron chi connectivity index (χ1n) is 10.6. The third-order valence-electron chi connectivity index (χ3n) is 5.12. The maximum Gasteiger partial charge on any atom is 0.242 e. The van der Waals surface area contributed by atoms with Crippen LogP contribution in [-0.4, -0.2) is 35.4 Å². The molecule has 0 saturated heterocycles. The van der Waals surface area contributed by atoms with Crippen molar-refractivity contribution >= 4 is 46.6 Å². The molecule has 0 unspecified atom stereocenters. The highest BCUT2D eigenvalue weighted by atomic mass is 35.5. The zero-order valence-electron chi connectivity index (χ0n) is 18.5. The Morgan fingerprint density at radius 1 is 1.03 bits per heavy atom. The van der Waals surface area contributed by atoms with E-state index in [0.717, 1.165) is 12.0 Å². The lowest BCUT2D eigenvalue weighted by Gasteiger charge is -2.30. The quantitative estimate of drug-likeness (QED) is 0.378. The summed E-state index contributed by atoms with van der Waals surface area (Å²) in [6.07, 6.45) is 1.57. The Hall–Kier alpha value is -1.95. The molecule has 0 saturated carbocycles. The summed E-state index contributed by atoms with van der Waals surface area (Å²) >= 11 is 18.0. The predicted octanol–water partition coefficient (Wildman–Crippen LogP) is 6.14. The van der Waals surface area contributed by atoms with Crippen LogP contribution >= 0.6 is 34.8 Å². The topological polar surface area (TPSA) is 58.6 Å². The van der Waals surface area contributed by atoms with Crippen molar-refractivity contribution < 1.29 is 14.3 Å². The molecule has 0 radical (unpaired) electrons. The van der Waals surface area contributed by atoms with Crippen LogP contribution in [0.3, 0.4) is 0 Å². The molecule has 2 aromatic carbocycles. The SMILES string of the molecule is CC[C@H](C)NC(=O)[C@@H](C)N(Cc1ccc(Cl)c(Cl)c1)C(=O)CCCOc1ccc(Cl)cc1. The average Bonchev–Trinajstić information content (AvgIpc) is 2.77. The van der Waals surface area contributed by atoms with E-state index in [1.54, 1.807) is 54.3 Å². The normalized spacial score (nSPS) is 12.7. The second-order valence-electron chi connectivity index (χ2n) is 7.67. The summed E-state index contributed by atoms with van der Waals surface area (Å²) in [5, 5.41) is 4.43. The molecule has 8 heteroatoms. The second-order valence-corrected chi connectivity index (χ2v) is 8.92. The summed E-state index contributed by atoms with van der Waals surface area (Å²) < 4.78 is 5.67. The number of carbonyl (C=O) groups excluding carboxylic acids is 2. The van der Waals surface area contributed by atoms with Crippen molar-refractivity contribution in [2.45, 2.75) is 58.7 Å². The number of nitrogens with one attached hydrogen (secondary N) is 1. The second kappa shape index (κ2) is 12.9. The molecule has 0 fully saturated rings. The fraction of sp³-hybridized carbons (Fsp3) is 0.417. The fourth-order valence-corrected chi connectivity index (χ4v) is 3.42. The van der Waals surface area contributed by atoms with E-state index < -0.39 is 6.04 Å². The van der Waals surface area contributed by atoms with Crippen molar-refractivity contribution in [2.75, 3.05) is 6.61 Å². The van der Waals surface area contributed by atoms with Crippen molar-refractivity contribution in [2.24, 2.45) is 0 Å². The van der Waals surface area contributed by atoms with Crippen molar-refractivity contribution in [3.8, 4) is 5.75 Å². The minimum atomic E-state index is -0.636. The molecule has 2 amide bonds. The molecule has 0 spiro atoms. The van der Waals surface area contributed by atoms with Gasteiger partial charge in [0.25, 0.3) is 0 Å². The standard InChI is InChI=1S/C24H29Cl3N2O3/c1-4-16(2)28-24(31)17(3)29(15-18-7-12-21(26)22(27)14-18)23(30)6-5-13-32-20-10-8-19(25)9-11-20/h7-12,14,16-17H,4-6,13,15H2,1-3H3,(H,28,31)/t16-,17+/m0/s1. The van der Waals surface area contributed by atoms with Crippen molar-refractivity contribution in [1.29, 1.82) is 0 Å². The molecule has 0 aromatic heterocycles. The van der Waals surface area contributed by atoms with Crippen molar-refractivity contribution in [3.05, 3.63) is 63.1 Å². The van der Waals surface area contributed by atoms with Crippen LogP contribution in [0.15, 0.2) is 42.5 Å². The van der Waals surface area contributed by atoms with Gasteiger partial charge < -0.3 is 15.0 Å². The summed E-state index contributed by atoms with van der Waals surface area (Å²) in [5.74, 6) is 0.364. The summed E-state index contributed by atoms with van der Waals surface area (Å²) in [6.45, 7) is 6.29.